The SMILES string of the molecule is CC1CCC(N2CCc3nc(C4CCCN4C(=O)C4CCC4)[nH]c(=O)c3C2)CC1. The maximum atomic E-state index is 13.0. The van der Waals surface area contributed by atoms with Crippen LogP contribution in [0.5, 0.6) is 0 Å². The van der Waals surface area contributed by atoms with Gasteiger partial charge in [-0.25, -0.2) is 4.98 Å². The number of likely N-dealkylation sites (tertiary alicyclic amines) is 1. The van der Waals surface area contributed by atoms with Gasteiger partial charge in [-0.3, -0.25) is 14.5 Å². The van der Waals surface area contributed by atoms with Crippen LogP contribution in [-0.2, 0) is 17.8 Å². The molecule has 1 atom stereocenters. The zero-order valence-electron chi connectivity index (χ0n) is 17.7. The summed E-state index contributed by atoms with van der Waals surface area (Å²) in [6, 6.07) is 0.572. The number of fused-ring (bicyclic) bond motifs is 1. The Bertz CT molecular complexity index is 823. The first kappa shape index (κ1) is 19.3. The lowest BCUT2D eigenvalue weighted by Crippen LogP contribution is -2.44. The molecule has 29 heavy (non-hydrogen) atoms. The largest absolute Gasteiger partial charge is 0.332 e. The second kappa shape index (κ2) is 7.86. The van der Waals surface area contributed by atoms with E-state index in [1.165, 1.54) is 32.1 Å². The maximum Gasteiger partial charge on any atom is 0.255 e. The van der Waals surface area contributed by atoms with Crippen molar-refractivity contribution < 1.29 is 4.79 Å². The molecule has 1 aromatic heterocycles. The van der Waals surface area contributed by atoms with Crippen molar-refractivity contribution in [1.82, 2.24) is 19.8 Å². The molecule has 1 saturated heterocycles. The number of H-pyrrole nitrogens is 1. The van der Waals surface area contributed by atoms with Crippen molar-refractivity contribution >= 4 is 5.91 Å². The van der Waals surface area contributed by atoms with Crippen molar-refractivity contribution in [3.63, 3.8) is 0 Å². The Morgan fingerprint density at radius 1 is 1.03 bits per heavy atom. The third-order valence-electron chi connectivity index (χ3n) is 7.92. The zero-order chi connectivity index (χ0) is 20.0. The van der Waals surface area contributed by atoms with Crippen LogP contribution in [-0.4, -0.2) is 44.8 Å². The molecule has 4 aliphatic rings. The molecule has 5 rings (SSSR count). The predicted molar refractivity (Wildman–Crippen MR) is 111 cm³/mol. The molecule has 2 aliphatic heterocycles. The van der Waals surface area contributed by atoms with E-state index in [1.54, 1.807) is 0 Å². The van der Waals surface area contributed by atoms with Gasteiger partial charge in [-0.05, 0) is 57.3 Å². The number of amides is 1. The van der Waals surface area contributed by atoms with Gasteiger partial charge in [-0.2, -0.15) is 0 Å². The molecular formula is C23H34N4O2. The summed E-state index contributed by atoms with van der Waals surface area (Å²) in [4.78, 5) is 38.3. The molecule has 158 valence electrons. The summed E-state index contributed by atoms with van der Waals surface area (Å²) >= 11 is 0. The summed E-state index contributed by atoms with van der Waals surface area (Å²) < 4.78 is 0. The number of carbonyl (C=O) groups is 1. The van der Waals surface area contributed by atoms with Crippen molar-refractivity contribution in [1.29, 1.82) is 0 Å². The highest BCUT2D eigenvalue weighted by Crippen LogP contribution is 2.36. The van der Waals surface area contributed by atoms with E-state index in [4.69, 9.17) is 4.98 Å². The Kier molecular flexibility index (Phi) is 5.23. The number of hydrogen-bond acceptors (Lipinski definition) is 4. The standard InChI is InChI=1S/C23H34N4O2/c1-15-7-9-17(10-8-15)26-13-11-19-18(14-26)22(28)25-21(24-19)20-6-3-12-27(20)23(29)16-4-2-5-16/h15-17,20H,2-14H2,1H3,(H,24,25,28). The Morgan fingerprint density at radius 3 is 2.55 bits per heavy atom. The highest BCUT2D eigenvalue weighted by molar-refractivity contribution is 5.80. The van der Waals surface area contributed by atoms with Crippen LogP contribution in [0, 0.1) is 11.8 Å². The molecular weight excluding hydrogens is 364 g/mol. The van der Waals surface area contributed by atoms with Crippen LogP contribution in [0.2, 0.25) is 0 Å². The van der Waals surface area contributed by atoms with Gasteiger partial charge in [0.05, 0.1) is 17.3 Å². The normalized spacial score (nSPS) is 30.8. The van der Waals surface area contributed by atoms with Crippen molar-refractivity contribution in [2.45, 2.75) is 89.8 Å². The first-order valence-corrected chi connectivity index (χ1v) is 11.8. The summed E-state index contributed by atoms with van der Waals surface area (Å²) in [6.07, 6.45) is 11.1. The Balaban J connectivity index is 1.33. The lowest BCUT2D eigenvalue weighted by molar-refractivity contribution is -0.139. The van der Waals surface area contributed by atoms with Crippen molar-refractivity contribution in [2.75, 3.05) is 13.1 Å². The number of nitrogens with one attached hydrogen (secondary N) is 1. The molecule has 2 aliphatic carbocycles. The second-order valence-electron chi connectivity index (χ2n) is 9.83. The van der Waals surface area contributed by atoms with Gasteiger partial charge >= 0.3 is 0 Å². The number of aromatic nitrogens is 2. The Labute approximate surface area is 173 Å². The molecule has 0 radical (unpaired) electrons. The lowest BCUT2D eigenvalue weighted by atomic mass is 9.84. The summed E-state index contributed by atoms with van der Waals surface area (Å²) in [5, 5.41) is 0. The van der Waals surface area contributed by atoms with Crippen molar-refractivity contribution in [3.05, 3.63) is 27.4 Å². The molecule has 1 amide bonds. The third-order valence-corrected chi connectivity index (χ3v) is 7.92. The van der Waals surface area contributed by atoms with Crippen LogP contribution < -0.4 is 5.56 Å². The molecule has 6 nitrogen and oxygen atoms in total. The molecule has 0 bridgehead atoms. The minimum absolute atomic E-state index is 0.0156. The average molecular weight is 399 g/mol. The highest BCUT2D eigenvalue weighted by Gasteiger charge is 2.38. The molecule has 3 fully saturated rings. The van der Waals surface area contributed by atoms with E-state index in [2.05, 4.69) is 16.8 Å². The highest BCUT2D eigenvalue weighted by atomic mass is 16.2. The van der Waals surface area contributed by atoms with Crippen LogP contribution >= 0.6 is 0 Å². The summed E-state index contributed by atoms with van der Waals surface area (Å²) in [6.45, 7) is 4.87. The number of rotatable bonds is 3. The molecule has 1 aromatic rings. The first-order chi connectivity index (χ1) is 14.1. The predicted octanol–water partition coefficient (Wildman–Crippen LogP) is 3.17. The molecule has 6 heteroatoms. The van der Waals surface area contributed by atoms with Gasteiger partial charge in [0.2, 0.25) is 5.91 Å². The minimum Gasteiger partial charge on any atom is -0.332 e. The van der Waals surface area contributed by atoms with Gasteiger partial charge < -0.3 is 9.88 Å². The zero-order valence-corrected chi connectivity index (χ0v) is 17.7. The molecule has 1 N–H and O–H groups in total. The van der Waals surface area contributed by atoms with E-state index >= 15 is 0 Å². The van der Waals surface area contributed by atoms with Gasteiger partial charge in [0.1, 0.15) is 5.82 Å². The number of aromatic amines is 1. The van der Waals surface area contributed by atoms with Gasteiger partial charge in [0.25, 0.3) is 5.56 Å². The van der Waals surface area contributed by atoms with Crippen LogP contribution in [0.1, 0.15) is 87.8 Å². The van der Waals surface area contributed by atoms with Crippen LogP contribution in [0.4, 0.5) is 0 Å². The van der Waals surface area contributed by atoms with E-state index in [-0.39, 0.29) is 23.4 Å². The molecule has 1 unspecified atom stereocenters. The minimum atomic E-state index is -0.0426. The summed E-state index contributed by atoms with van der Waals surface area (Å²) in [5.74, 6) is 2.04. The second-order valence-corrected chi connectivity index (χ2v) is 9.83. The maximum absolute atomic E-state index is 13.0. The number of carbonyl (C=O) groups excluding carboxylic acids is 1. The van der Waals surface area contributed by atoms with Gasteiger partial charge in [0, 0.05) is 38.0 Å². The molecule has 3 heterocycles. The lowest BCUT2D eigenvalue weighted by Gasteiger charge is -2.38. The molecule has 2 saturated carbocycles. The smallest absolute Gasteiger partial charge is 0.255 e. The average Bonchev–Trinajstić information content (AvgIpc) is 3.17. The van der Waals surface area contributed by atoms with E-state index in [9.17, 15) is 9.59 Å². The summed E-state index contributed by atoms with van der Waals surface area (Å²) in [5.41, 5.74) is 1.84. The quantitative estimate of drug-likeness (QED) is 0.849. The van der Waals surface area contributed by atoms with Gasteiger partial charge in [-0.1, -0.05) is 13.3 Å². The fourth-order valence-electron chi connectivity index (χ4n) is 5.75. The van der Waals surface area contributed by atoms with E-state index in [0.717, 1.165) is 74.7 Å². The fourth-order valence-corrected chi connectivity index (χ4v) is 5.75. The van der Waals surface area contributed by atoms with Crippen LogP contribution in [0.15, 0.2) is 4.79 Å². The van der Waals surface area contributed by atoms with E-state index in [1.807, 2.05) is 4.90 Å². The fraction of sp³-hybridized carbons (Fsp3) is 0.783. The number of nitrogens with zero attached hydrogens (tertiary/aromatic N) is 3. The van der Waals surface area contributed by atoms with Gasteiger partial charge in [-0.15, -0.1) is 0 Å². The van der Waals surface area contributed by atoms with Crippen LogP contribution in [0.25, 0.3) is 0 Å². The first-order valence-electron chi connectivity index (χ1n) is 11.8. The van der Waals surface area contributed by atoms with Crippen LogP contribution in [0.3, 0.4) is 0 Å². The Morgan fingerprint density at radius 2 is 1.83 bits per heavy atom. The van der Waals surface area contributed by atoms with Crippen molar-refractivity contribution in [2.24, 2.45) is 11.8 Å². The molecule has 0 spiro atoms. The monoisotopic (exact) mass is 398 g/mol. The Hall–Kier alpha value is -1.69. The topological polar surface area (TPSA) is 69.3 Å². The van der Waals surface area contributed by atoms with E-state index in [0.29, 0.717) is 6.04 Å². The summed E-state index contributed by atoms with van der Waals surface area (Å²) in [7, 11) is 0. The van der Waals surface area contributed by atoms with Crippen molar-refractivity contribution in [3.8, 4) is 0 Å². The van der Waals surface area contributed by atoms with E-state index < -0.39 is 0 Å². The third kappa shape index (κ3) is 3.65. The molecule has 0 aromatic carbocycles. The van der Waals surface area contributed by atoms with Gasteiger partial charge in [0.15, 0.2) is 0 Å². The number of hydrogen-bond donors (Lipinski definition) is 1.